The van der Waals surface area contributed by atoms with Gasteiger partial charge in [0.1, 0.15) is 6.54 Å². The van der Waals surface area contributed by atoms with Crippen LogP contribution in [0.3, 0.4) is 0 Å². The van der Waals surface area contributed by atoms with E-state index >= 15 is 0 Å². The van der Waals surface area contributed by atoms with Gasteiger partial charge in [0.05, 0.1) is 5.56 Å². The van der Waals surface area contributed by atoms with Gasteiger partial charge in [0.25, 0.3) is 5.89 Å². The molecule has 0 spiro atoms. The fourth-order valence-electron chi connectivity index (χ4n) is 4.70. The molecule has 1 aliphatic rings. The van der Waals surface area contributed by atoms with E-state index in [2.05, 4.69) is 34.3 Å². The molecule has 0 radical (unpaired) electrons. The van der Waals surface area contributed by atoms with Gasteiger partial charge < -0.3 is 14.9 Å². The van der Waals surface area contributed by atoms with Crippen molar-refractivity contribution in [1.29, 1.82) is 0 Å². The van der Waals surface area contributed by atoms with Gasteiger partial charge in [-0.25, -0.2) is 0 Å². The Morgan fingerprint density at radius 2 is 1.91 bits per heavy atom. The normalized spacial score (nSPS) is 14.5. The van der Waals surface area contributed by atoms with Crippen LogP contribution in [0, 0.1) is 19.3 Å². The van der Waals surface area contributed by atoms with Crippen molar-refractivity contribution in [1.82, 2.24) is 20.4 Å². The van der Waals surface area contributed by atoms with E-state index in [0.717, 1.165) is 47.1 Å². The van der Waals surface area contributed by atoms with Gasteiger partial charge in [0, 0.05) is 24.4 Å². The van der Waals surface area contributed by atoms with Gasteiger partial charge in [-0.15, -0.1) is 0 Å². The van der Waals surface area contributed by atoms with Crippen molar-refractivity contribution in [3.05, 3.63) is 52.3 Å². The zero-order valence-corrected chi connectivity index (χ0v) is 20.1. The molecule has 178 valence electrons. The minimum Gasteiger partial charge on any atom is -0.480 e. The topological polar surface area (TPSA) is 118 Å². The van der Waals surface area contributed by atoms with Crippen LogP contribution >= 0.6 is 0 Å². The lowest BCUT2D eigenvalue weighted by atomic mass is 9.74. The molecule has 0 atom stereocenters. The van der Waals surface area contributed by atoms with Crippen molar-refractivity contribution in [2.45, 2.75) is 59.8 Å². The molecular weight excluding hydrogens is 432 g/mol. The van der Waals surface area contributed by atoms with Gasteiger partial charge in [-0.1, -0.05) is 19.0 Å². The monoisotopic (exact) mass is 462 g/mol. The molecule has 0 saturated carbocycles. The Balaban J connectivity index is 1.54. The number of nitrogens with zero attached hydrogens (tertiary/aromatic N) is 3. The molecule has 2 aromatic heterocycles. The van der Waals surface area contributed by atoms with E-state index in [0.29, 0.717) is 18.1 Å². The third-order valence-corrected chi connectivity index (χ3v) is 6.52. The second-order valence-electron chi connectivity index (χ2n) is 9.85. The number of benzene rings is 1. The number of amides is 1. The molecule has 0 bridgehead atoms. The van der Waals surface area contributed by atoms with Gasteiger partial charge >= 0.3 is 5.97 Å². The summed E-state index contributed by atoms with van der Waals surface area (Å²) in [5.74, 6) is -0.342. The van der Waals surface area contributed by atoms with Gasteiger partial charge in [-0.05, 0) is 84.9 Å². The van der Waals surface area contributed by atoms with E-state index in [9.17, 15) is 9.59 Å². The van der Waals surface area contributed by atoms with Crippen LogP contribution in [0.15, 0.2) is 29.0 Å². The highest BCUT2D eigenvalue weighted by molar-refractivity contribution is 5.81. The maximum atomic E-state index is 11.9. The van der Waals surface area contributed by atoms with Gasteiger partial charge in [-0.2, -0.15) is 4.98 Å². The second-order valence-corrected chi connectivity index (χ2v) is 9.85. The Kier molecular flexibility index (Phi) is 6.50. The first-order valence-corrected chi connectivity index (χ1v) is 11.5. The number of carboxylic acid groups (broad SMARTS) is 1. The Bertz CT molecular complexity index is 1220. The Morgan fingerprint density at radius 3 is 2.62 bits per heavy atom. The summed E-state index contributed by atoms with van der Waals surface area (Å²) in [6, 6.07) is 3.99. The number of aryl methyl sites for hydroxylation is 2. The molecular formula is C26H30N4O4. The van der Waals surface area contributed by atoms with Crippen LogP contribution in [0.2, 0.25) is 0 Å². The van der Waals surface area contributed by atoms with E-state index in [4.69, 9.17) is 9.63 Å². The fourth-order valence-corrected chi connectivity index (χ4v) is 4.70. The number of nitrogens with one attached hydrogen (secondary N) is 1. The zero-order chi connectivity index (χ0) is 24.5. The number of carbonyl (C=O) groups is 2. The van der Waals surface area contributed by atoms with Gasteiger partial charge in [-0.3, -0.25) is 14.6 Å². The van der Waals surface area contributed by atoms with E-state index in [1.54, 1.807) is 0 Å². The molecule has 0 aliphatic heterocycles. The third kappa shape index (κ3) is 5.16. The first kappa shape index (κ1) is 23.6. The molecule has 4 rings (SSSR count). The molecule has 1 aliphatic carbocycles. The number of hydrogen-bond donors (Lipinski definition) is 2. The lowest BCUT2D eigenvalue weighted by Gasteiger charge is -2.31. The number of carboxylic acids is 1. The van der Waals surface area contributed by atoms with E-state index < -0.39 is 5.97 Å². The summed E-state index contributed by atoms with van der Waals surface area (Å²) in [6.45, 7) is 8.17. The van der Waals surface area contributed by atoms with E-state index in [1.165, 1.54) is 11.1 Å². The molecule has 0 unspecified atom stereocenters. The van der Waals surface area contributed by atoms with E-state index in [1.807, 2.05) is 38.4 Å². The summed E-state index contributed by atoms with van der Waals surface area (Å²) < 4.78 is 5.66. The molecule has 8 heteroatoms. The molecule has 1 amide bonds. The molecule has 8 nitrogen and oxygen atoms in total. The van der Waals surface area contributed by atoms with Crippen molar-refractivity contribution in [3.63, 3.8) is 0 Å². The Labute approximate surface area is 198 Å². The number of aromatic nitrogens is 3. The smallest absolute Gasteiger partial charge is 0.322 e. The molecule has 1 aromatic carbocycles. The highest BCUT2D eigenvalue weighted by Gasteiger charge is 2.28. The maximum Gasteiger partial charge on any atom is 0.322 e. The van der Waals surface area contributed by atoms with Crippen LogP contribution < -0.4 is 5.32 Å². The standard InChI is InChI=1S/C26H30N4O4/c1-15-9-17(10-16(2)19(15)5-6-22(31)28-14-23(32)33)24-29-25(34-30-24)21-13-27-12-18-11-26(3,4)8-7-20(18)21/h9-10,12-13H,5-8,11,14H2,1-4H3,(H,28,31)(H,32,33). The number of hydrogen-bond acceptors (Lipinski definition) is 6. The summed E-state index contributed by atoms with van der Waals surface area (Å²) >= 11 is 0. The largest absolute Gasteiger partial charge is 0.480 e. The quantitative estimate of drug-likeness (QED) is 0.543. The molecule has 0 fully saturated rings. The molecule has 34 heavy (non-hydrogen) atoms. The number of aliphatic carboxylic acids is 1. The predicted octanol–water partition coefficient (Wildman–Crippen LogP) is 4.06. The number of fused-ring (bicyclic) bond motifs is 1. The SMILES string of the molecule is Cc1cc(-c2noc(-c3cncc4c3CCC(C)(C)C4)n2)cc(C)c1CCC(=O)NCC(=O)O. The first-order chi connectivity index (χ1) is 16.1. The van der Waals surface area contributed by atoms with Crippen LogP contribution in [0.25, 0.3) is 22.8 Å². The predicted molar refractivity (Wildman–Crippen MR) is 127 cm³/mol. The van der Waals surface area contributed by atoms with Crippen LogP contribution in [0.1, 0.15) is 54.5 Å². The number of rotatable bonds is 7. The Morgan fingerprint density at radius 1 is 1.18 bits per heavy atom. The maximum absolute atomic E-state index is 11.9. The minimum atomic E-state index is -1.06. The first-order valence-electron chi connectivity index (χ1n) is 11.5. The highest BCUT2D eigenvalue weighted by atomic mass is 16.5. The minimum absolute atomic E-state index is 0.226. The third-order valence-electron chi connectivity index (χ3n) is 6.52. The zero-order valence-electron chi connectivity index (χ0n) is 20.1. The highest BCUT2D eigenvalue weighted by Crippen LogP contribution is 2.38. The summed E-state index contributed by atoms with van der Waals surface area (Å²) in [4.78, 5) is 31.6. The van der Waals surface area contributed by atoms with Crippen LogP contribution in [-0.4, -0.2) is 38.7 Å². The Hall–Kier alpha value is -3.55. The molecule has 2 N–H and O–H groups in total. The van der Waals surface area contributed by atoms with E-state index in [-0.39, 0.29) is 24.3 Å². The number of carbonyl (C=O) groups excluding carboxylic acids is 1. The summed E-state index contributed by atoms with van der Waals surface area (Å²) in [6.07, 6.45) is 7.56. The summed E-state index contributed by atoms with van der Waals surface area (Å²) in [7, 11) is 0. The lowest BCUT2D eigenvalue weighted by molar-refractivity contribution is -0.137. The average Bonchev–Trinajstić information content (AvgIpc) is 3.26. The van der Waals surface area contributed by atoms with Crippen molar-refractivity contribution in [3.8, 4) is 22.8 Å². The van der Waals surface area contributed by atoms with Crippen molar-refractivity contribution < 1.29 is 19.2 Å². The van der Waals surface area contributed by atoms with Crippen molar-refractivity contribution in [2.75, 3.05) is 6.54 Å². The average molecular weight is 463 g/mol. The second kappa shape index (κ2) is 9.37. The summed E-state index contributed by atoms with van der Waals surface area (Å²) in [5.41, 5.74) is 7.61. The molecule has 3 aromatic rings. The van der Waals surface area contributed by atoms with Crippen LogP contribution in [0.5, 0.6) is 0 Å². The molecule has 0 saturated heterocycles. The lowest BCUT2D eigenvalue weighted by Crippen LogP contribution is -2.29. The number of pyridine rings is 1. The summed E-state index contributed by atoms with van der Waals surface area (Å²) in [5, 5.41) is 15.3. The van der Waals surface area contributed by atoms with Crippen LogP contribution in [0.4, 0.5) is 0 Å². The van der Waals surface area contributed by atoms with Gasteiger partial charge in [0.2, 0.25) is 11.7 Å². The van der Waals surface area contributed by atoms with Crippen LogP contribution in [-0.2, 0) is 28.9 Å². The van der Waals surface area contributed by atoms with Crippen molar-refractivity contribution in [2.24, 2.45) is 5.41 Å². The fraction of sp³-hybridized carbons (Fsp3) is 0.423. The van der Waals surface area contributed by atoms with Gasteiger partial charge in [0.15, 0.2) is 0 Å². The van der Waals surface area contributed by atoms with Crippen molar-refractivity contribution >= 4 is 11.9 Å². The molecule has 2 heterocycles.